The van der Waals surface area contributed by atoms with Crippen LogP contribution in [-0.4, -0.2) is 28.0 Å². The second-order valence-electron chi connectivity index (χ2n) is 2.95. The van der Waals surface area contributed by atoms with Crippen molar-refractivity contribution in [1.82, 2.24) is 19.7 Å². The van der Waals surface area contributed by atoms with Crippen molar-refractivity contribution in [2.75, 3.05) is 13.6 Å². The Bertz CT molecular complexity index is 444. The molecule has 2 aromatic heterocycles. The summed E-state index contributed by atoms with van der Waals surface area (Å²) in [6.45, 7) is 0.859. The van der Waals surface area contributed by atoms with Crippen molar-refractivity contribution in [3.05, 3.63) is 36.6 Å². The molecule has 0 aliphatic carbocycles. The number of hydrogen-bond donors (Lipinski definition) is 1. The molecule has 0 bridgehead atoms. The summed E-state index contributed by atoms with van der Waals surface area (Å²) >= 11 is 0. The zero-order valence-electron chi connectivity index (χ0n) is 8.01. The van der Waals surface area contributed by atoms with E-state index < -0.39 is 0 Å². The Morgan fingerprint density at radius 3 is 3.29 bits per heavy atom. The molecule has 0 unspecified atom stereocenters. The van der Waals surface area contributed by atoms with E-state index in [0.29, 0.717) is 0 Å². The Labute approximate surface area is 82.3 Å². The van der Waals surface area contributed by atoms with E-state index in [9.17, 15) is 0 Å². The highest BCUT2D eigenvalue weighted by atomic mass is 15.0. The van der Waals surface area contributed by atoms with Crippen LogP contribution in [0.25, 0.3) is 11.7 Å². The summed E-state index contributed by atoms with van der Waals surface area (Å²) in [7, 11) is 1.92. The molecule has 2 heterocycles. The molecule has 0 atom stereocenters. The van der Waals surface area contributed by atoms with Gasteiger partial charge in [0.25, 0.3) is 0 Å². The number of nitrogens with one attached hydrogen (secondary N) is 1. The van der Waals surface area contributed by atoms with Crippen LogP contribution in [0.4, 0.5) is 0 Å². The first-order valence-electron chi connectivity index (χ1n) is 4.50. The molecule has 0 amide bonds. The first-order chi connectivity index (χ1) is 6.92. The first kappa shape index (κ1) is 8.90. The Hall–Kier alpha value is -1.68. The fourth-order valence-corrected chi connectivity index (χ4v) is 1.28. The molecular weight excluding hydrogens is 176 g/mol. The SMILES string of the molecule is CNCC=Cc1cnc2cnccn12. The molecule has 72 valence electrons. The molecule has 0 radical (unpaired) electrons. The zero-order chi connectivity index (χ0) is 9.80. The summed E-state index contributed by atoms with van der Waals surface area (Å²) in [6, 6.07) is 0. The highest BCUT2D eigenvalue weighted by Gasteiger charge is 1.97. The van der Waals surface area contributed by atoms with Crippen molar-refractivity contribution in [3.8, 4) is 0 Å². The minimum atomic E-state index is 0.859. The predicted molar refractivity (Wildman–Crippen MR) is 55.9 cm³/mol. The van der Waals surface area contributed by atoms with Gasteiger partial charge in [-0.25, -0.2) is 4.98 Å². The fraction of sp³-hybridized carbons (Fsp3) is 0.200. The highest BCUT2D eigenvalue weighted by molar-refractivity contribution is 5.51. The van der Waals surface area contributed by atoms with Crippen molar-refractivity contribution in [1.29, 1.82) is 0 Å². The summed E-state index contributed by atoms with van der Waals surface area (Å²) in [5.41, 5.74) is 1.94. The minimum Gasteiger partial charge on any atom is -0.316 e. The Balaban J connectivity index is 2.34. The van der Waals surface area contributed by atoms with Gasteiger partial charge in [0.05, 0.1) is 18.1 Å². The van der Waals surface area contributed by atoms with Crippen molar-refractivity contribution in [2.45, 2.75) is 0 Å². The van der Waals surface area contributed by atoms with E-state index in [2.05, 4.69) is 21.4 Å². The van der Waals surface area contributed by atoms with E-state index in [1.54, 1.807) is 12.4 Å². The molecule has 0 fully saturated rings. The van der Waals surface area contributed by atoms with Gasteiger partial charge in [-0.1, -0.05) is 6.08 Å². The molecule has 2 rings (SSSR count). The molecule has 0 saturated heterocycles. The Morgan fingerprint density at radius 1 is 1.50 bits per heavy atom. The minimum absolute atomic E-state index is 0.859. The maximum absolute atomic E-state index is 4.23. The standard InChI is InChI=1S/C10H12N4/c1-11-4-2-3-9-7-13-10-8-12-5-6-14(9)10/h2-3,5-8,11H,4H2,1H3. The van der Waals surface area contributed by atoms with Crippen LogP contribution in [0, 0.1) is 0 Å². The lowest BCUT2D eigenvalue weighted by Crippen LogP contribution is -2.03. The maximum atomic E-state index is 4.23. The molecule has 2 aromatic rings. The van der Waals surface area contributed by atoms with Crippen LogP contribution >= 0.6 is 0 Å². The number of imidazole rings is 1. The van der Waals surface area contributed by atoms with E-state index in [0.717, 1.165) is 17.9 Å². The van der Waals surface area contributed by atoms with Crippen molar-refractivity contribution < 1.29 is 0 Å². The highest BCUT2D eigenvalue weighted by Crippen LogP contribution is 2.05. The van der Waals surface area contributed by atoms with Gasteiger partial charge in [0, 0.05) is 18.9 Å². The van der Waals surface area contributed by atoms with Gasteiger partial charge < -0.3 is 5.32 Å². The van der Waals surface area contributed by atoms with Gasteiger partial charge in [-0.2, -0.15) is 0 Å². The van der Waals surface area contributed by atoms with E-state index in [-0.39, 0.29) is 0 Å². The predicted octanol–water partition coefficient (Wildman–Crippen LogP) is 0.962. The molecule has 4 heteroatoms. The number of fused-ring (bicyclic) bond motifs is 1. The molecule has 14 heavy (non-hydrogen) atoms. The lowest BCUT2D eigenvalue weighted by atomic mass is 10.4. The third-order valence-electron chi connectivity index (χ3n) is 1.96. The van der Waals surface area contributed by atoms with Gasteiger partial charge in [-0.05, 0) is 13.1 Å². The van der Waals surface area contributed by atoms with Gasteiger partial charge in [0.2, 0.25) is 0 Å². The molecule has 4 nitrogen and oxygen atoms in total. The van der Waals surface area contributed by atoms with Crippen LogP contribution in [0.15, 0.2) is 30.9 Å². The second kappa shape index (κ2) is 4.02. The number of hydrogen-bond acceptors (Lipinski definition) is 3. The lowest BCUT2D eigenvalue weighted by molar-refractivity contribution is 0.922. The molecule has 0 aliphatic rings. The van der Waals surface area contributed by atoms with Gasteiger partial charge in [-0.15, -0.1) is 0 Å². The van der Waals surface area contributed by atoms with Crippen LogP contribution in [0.3, 0.4) is 0 Å². The summed E-state index contributed by atoms with van der Waals surface area (Å²) in [5.74, 6) is 0. The number of likely N-dealkylation sites (N-methyl/N-ethyl adjacent to an activating group) is 1. The Morgan fingerprint density at radius 2 is 2.43 bits per heavy atom. The summed E-state index contributed by atoms with van der Waals surface area (Å²) in [5, 5.41) is 3.05. The molecule has 0 aromatic carbocycles. The lowest BCUT2D eigenvalue weighted by Gasteiger charge is -1.94. The molecule has 1 N–H and O–H groups in total. The molecule has 0 saturated carbocycles. The first-order valence-corrected chi connectivity index (χ1v) is 4.50. The second-order valence-corrected chi connectivity index (χ2v) is 2.95. The van der Waals surface area contributed by atoms with Crippen LogP contribution in [0.5, 0.6) is 0 Å². The molecule has 0 spiro atoms. The summed E-state index contributed by atoms with van der Waals surface area (Å²) in [4.78, 5) is 8.23. The summed E-state index contributed by atoms with van der Waals surface area (Å²) < 4.78 is 2.00. The normalized spacial score (nSPS) is 11.5. The molecule has 0 aliphatic heterocycles. The van der Waals surface area contributed by atoms with Gasteiger partial charge >= 0.3 is 0 Å². The number of aromatic nitrogens is 3. The monoisotopic (exact) mass is 188 g/mol. The number of rotatable bonds is 3. The number of nitrogens with zero attached hydrogens (tertiary/aromatic N) is 3. The molecular formula is C10H12N4. The van der Waals surface area contributed by atoms with Crippen molar-refractivity contribution >= 4 is 11.7 Å². The van der Waals surface area contributed by atoms with Crippen LogP contribution < -0.4 is 5.32 Å². The van der Waals surface area contributed by atoms with Gasteiger partial charge in [0.15, 0.2) is 5.65 Å². The van der Waals surface area contributed by atoms with E-state index in [1.807, 2.05) is 29.9 Å². The quantitative estimate of drug-likeness (QED) is 0.780. The van der Waals surface area contributed by atoms with E-state index in [4.69, 9.17) is 0 Å². The zero-order valence-corrected chi connectivity index (χ0v) is 8.01. The maximum Gasteiger partial charge on any atom is 0.155 e. The van der Waals surface area contributed by atoms with Gasteiger partial charge in [0.1, 0.15) is 0 Å². The van der Waals surface area contributed by atoms with Crippen LogP contribution in [0.2, 0.25) is 0 Å². The largest absolute Gasteiger partial charge is 0.316 e. The summed E-state index contributed by atoms with van der Waals surface area (Å²) in [6.07, 6.45) is 11.3. The topological polar surface area (TPSA) is 42.2 Å². The van der Waals surface area contributed by atoms with E-state index >= 15 is 0 Å². The van der Waals surface area contributed by atoms with Crippen LogP contribution in [-0.2, 0) is 0 Å². The third-order valence-corrected chi connectivity index (χ3v) is 1.96. The van der Waals surface area contributed by atoms with Crippen molar-refractivity contribution in [2.24, 2.45) is 0 Å². The van der Waals surface area contributed by atoms with Crippen molar-refractivity contribution in [3.63, 3.8) is 0 Å². The Kier molecular flexibility index (Phi) is 2.55. The fourth-order valence-electron chi connectivity index (χ4n) is 1.28. The van der Waals surface area contributed by atoms with Gasteiger partial charge in [-0.3, -0.25) is 9.38 Å². The average Bonchev–Trinajstić information content (AvgIpc) is 2.63. The smallest absolute Gasteiger partial charge is 0.155 e. The third kappa shape index (κ3) is 1.65. The van der Waals surface area contributed by atoms with Crippen LogP contribution in [0.1, 0.15) is 5.69 Å². The van der Waals surface area contributed by atoms with E-state index in [1.165, 1.54) is 0 Å². The average molecular weight is 188 g/mol.